The van der Waals surface area contributed by atoms with Crippen LogP contribution < -0.4 is 4.74 Å². The number of alkyl halides is 1. The van der Waals surface area contributed by atoms with Crippen molar-refractivity contribution in [3.8, 4) is 5.88 Å². The lowest BCUT2D eigenvalue weighted by molar-refractivity contribution is 0.0763. The molecule has 0 fully saturated rings. The first kappa shape index (κ1) is 15.9. The minimum absolute atomic E-state index is 0.182. The Morgan fingerprint density at radius 2 is 2.00 bits per heavy atom. The molecule has 21 heavy (non-hydrogen) atoms. The van der Waals surface area contributed by atoms with Crippen LogP contribution in [0.4, 0.5) is 4.39 Å². The van der Waals surface area contributed by atoms with E-state index in [1.54, 1.807) is 18.0 Å². The molecule has 0 saturated heterocycles. The molecule has 0 spiro atoms. The maximum absolute atomic E-state index is 13.1. The highest BCUT2D eigenvalue weighted by molar-refractivity contribution is 6.34. The highest BCUT2D eigenvalue weighted by Gasteiger charge is 2.27. The summed E-state index contributed by atoms with van der Waals surface area (Å²) < 4.78 is 19.5. The van der Waals surface area contributed by atoms with Crippen LogP contribution >= 0.6 is 23.2 Å². The molecule has 0 amide bonds. The van der Waals surface area contributed by atoms with Crippen LogP contribution in [0.1, 0.15) is 19.5 Å². The van der Waals surface area contributed by atoms with Gasteiger partial charge in [-0.2, -0.15) is 5.10 Å². The second-order valence-corrected chi connectivity index (χ2v) is 5.57. The SMILES string of the molecule is C=C1C(Cl)=CC(C)=C(c2nn(C)c(OC(C)F)c2Cl)N1C. The van der Waals surface area contributed by atoms with Crippen molar-refractivity contribution in [1.82, 2.24) is 14.7 Å². The summed E-state index contributed by atoms with van der Waals surface area (Å²) in [5.41, 5.74) is 2.78. The number of allylic oxidation sites excluding steroid dienone is 3. The van der Waals surface area contributed by atoms with E-state index in [1.165, 1.54) is 11.6 Å². The topological polar surface area (TPSA) is 30.3 Å². The Hall–Kier alpha value is -1.46. The second kappa shape index (κ2) is 5.73. The van der Waals surface area contributed by atoms with Gasteiger partial charge in [-0.15, -0.1) is 0 Å². The third kappa shape index (κ3) is 2.80. The Balaban J connectivity index is 2.57. The van der Waals surface area contributed by atoms with Crippen LogP contribution in [-0.4, -0.2) is 28.1 Å². The summed E-state index contributed by atoms with van der Waals surface area (Å²) in [6.45, 7) is 7.09. The molecule has 1 atom stereocenters. The van der Waals surface area contributed by atoms with Gasteiger partial charge in [-0.05, 0) is 18.6 Å². The van der Waals surface area contributed by atoms with Gasteiger partial charge >= 0.3 is 0 Å². The lowest BCUT2D eigenvalue weighted by Crippen LogP contribution is -2.20. The van der Waals surface area contributed by atoms with Crippen LogP contribution in [0.25, 0.3) is 5.70 Å². The quantitative estimate of drug-likeness (QED) is 0.835. The molecule has 1 aliphatic rings. The maximum Gasteiger partial charge on any atom is 0.237 e. The van der Waals surface area contributed by atoms with Crippen molar-refractivity contribution in [2.45, 2.75) is 20.2 Å². The minimum Gasteiger partial charge on any atom is -0.442 e. The molecule has 2 heterocycles. The van der Waals surface area contributed by atoms with Crippen LogP contribution in [0.5, 0.6) is 5.88 Å². The van der Waals surface area contributed by atoms with Crippen LogP contribution in [0.15, 0.2) is 29.0 Å². The van der Waals surface area contributed by atoms with Gasteiger partial charge in [-0.25, -0.2) is 9.07 Å². The van der Waals surface area contributed by atoms with Crippen molar-refractivity contribution >= 4 is 28.9 Å². The molecule has 1 aromatic rings. The smallest absolute Gasteiger partial charge is 0.237 e. The van der Waals surface area contributed by atoms with E-state index in [0.29, 0.717) is 16.4 Å². The van der Waals surface area contributed by atoms with Gasteiger partial charge in [-0.3, -0.25) is 0 Å². The van der Waals surface area contributed by atoms with Gasteiger partial charge in [0, 0.05) is 21.0 Å². The molecule has 0 bridgehead atoms. The summed E-state index contributed by atoms with van der Waals surface area (Å²) in [4.78, 5) is 1.80. The average molecular weight is 332 g/mol. The van der Waals surface area contributed by atoms with E-state index in [-0.39, 0.29) is 10.9 Å². The fourth-order valence-corrected chi connectivity index (χ4v) is 2.75. The molecule has 2 rings (SSSR count). The zero-order valence-electron chi connectivity index (χ0n) is 12.2. The molecule has 0 N–H and O–H groups in total. The molecule has 114 valence electrons. The third-order valence-corrected chi connectivity index (χ3v) is 3.84. The van der Waals surface area contributed by atoms with E-state index in [4.69, 9.17) is 27.9 Å². The van der Waals surface area contributed by atoms with Gasteiger partial charge < -0.3 is 9.64 Å². The van der Waals surface area contributed by atoms with Crippen molar-refractivity contribution in [1.29, 1.82) is 0 Å². The van der Waals surface area contributed by atoms with Crippen molar-refractivity contribution in [3.63, 3.8) is 0 Å². The molecule has 0 saturated carbocycles. The molecular formula is C14H16Cl2FN3O. The number of ether oxygens (including phenoxy) is 1. The molecule has 0 aromatic carbocycles. The first-order valence-corrected chi connectivity index (χ1v) is 7.04. The fourth-order valence-electron chi connectivity index (χ4n) is 2.16. The van der Waals surface area contributed by atoms with Gasteiger partial charge in [0.2, 0.25) is 12.2 Å². The van der Waals surface area contributed by atoms with E-state index in [9.17, 15) is 4.39 Å². The molecule has 0 aliphatic carbocycles. The van der Waals surface area contributed by atoms with E-state index < -0.39 is 6.36 Å². The number of hydrogen-bond acceptors (Lipinski definition) is 3. The highest BCUT2D eigenvalue weighted by atomic mass is 35.5. The van der Waals surface area contributed by atoms with Gasteiger partial charge in [0.15, 0.2) is 0 Å². The van der Waals surface area contributed by atoms with E-state index >= 15 is 0 Å². The first-order valence-electron chi connectivity index (χ1n) is 6.28. The van der Waals surface area contributed by atoms with E-state index in [0.717, 1.165) is 11.3 Å². The summed E-state index contributed by atoms with van der Waals surface area (Å²) in [6.07, 6.45) is 0.317. The Labute approximate surface area is 133 Å². The third-order valence-electron chi connectivity index (χ3n) is 3.17. The van der Waals surface area contributed by atoms with Crippen molar-refractivity contribution in [3.05, 3.63) is 39.7 Å². The summed E-state index contributed by atoms with van der Waals surface area (Å²) in [5.74, 6) is 0.182. The molecular weight excluding hydrogens is 316 g/mol. The van der Waals surface area contributed by atoms with Crippen LogP contribution in [0.3, 0.4) is 0 Å². The van der Waals surface area contributed by atoms with Crippen molar-refractivity contribution in [2.24, 2.45) is 7.05 Å². The lowest BCUT2D eigenvalue weighted by atomic mass is 10.1. The molecule has 0 radical (unpaired) electrons. The first-order chi connectivity index (χ1) is 9.73. The Bertz CT molecular complexity index is 661. The van der Waals surface area contributed by atoms with Crippen molar-refractivity contribution in [2.75, 3.05) is 7.05 Å². The molecule has 1 aromatic heterocycles. The molecule has 7 heteroatoms. The van der Waals surface area contributed by atoms with Gasteiger partial charge in [0.1, 0.15) is 10.7 Å². The van der Waals surface area contributed by atoms with E-state index in [1.807, 2.05) is 14.0 Å². The predicted molar refractivity (Wildman–Crippen MR) is 82.8 cm³/mol. The van der Waals surface area contributed by atoms with Gasteiger partial charge in [-0.1, -0.05) is 29.8 Å². The number of aromatic nitrogens is 2. The maximum atomic E-state index is 13.1. The van der Waals surface area contributed by atoms with Gasteiger partial charge in [0.25, 0.3) is 0 Å². The normalized spacial score (nSPS) is 17.2. The van der Waals surface area contributed by atoms with Crippen molar-refractivity contribution < 1.29 is 9.13 Å². The monoisotopic (exact) mass is 331 g/mol. The Morgan fingerprint density at radius 3 is 2.57 bits per heavy atom. The van der Waals surface area contributed by atoms with E-state index in [2.05, 4.69) is 11.7 Å². The fraction of sp³-hybridized carbons (Fsp3) is 0.357. The Kier molecular flexibility index (Phi) is 4.35. The molecule has 1 unspecified atom stereocenters. The number of likely N-dealkylation sites (N-methyl/N-ethyl adjacent to an activating group) is 1. The molecule has 1 aliphatic heterocycles. The van der Waals surface area contributed by atoms with Crippen LogP contribution in [0.2, 0.25) is 5.02 Å². The minimum atomic E-state index is -1.48. The summed E-state index contributed by atoms with van der Waals surface area (Å²) in [5, 5.41) is 5.13. The summed E-state index contributed by atoms with van der Waals surface area (Å²) >= 11 is 12.4. The molecule has 4 nitrogen and oxygen atoms in total. The second-order valence-electron chi connectivity index (χ2n) is 4.78. The largest absolute Gasteiger partial charge is 0.442 e. The average Bonchev–Trinajstić information content (AvgIpc) is 2.64. The number of nitrogens with zero attached hydrogens (tertiary/aromatic N) is 3. The van der Waals surface area contributed by atoms with Gasteiger partial charge in [0.05, 0.1) is 16.4 Å². The lowest BCUT2D eigenvalue weighted by Gasteiger charge is -2.28. The summed E-state index contributed by atoms with van der Waals surface area (Å²) in [7, 11) is 3.46. The Morgan fingerprint density at radius 1 is 1.38 bits per heavy atom. The number of halogens is 3. The number of hydrogen-bond donors (Lipinski definition) is 0. The highest BCUT2D eigenvalue weighted by Crippen LogP contribution is 2.40. The standard InChI is InChI=1S/C14H16Cl2FN3O/c1-7-6-10(15)8(2)19(4)13(7)12-11(16)14(20(5)18-12)21-9(3)17/h6,9H,2H2,1,3-5H3. The zero-order chi connectivity index (χ0) is 15.9. The number of rotatable bonds is 3. The van der Waals surface area contributed by atoms with Crippen LogP contribution in [-0.2, 0) is 7.05 Å². The summed E-state index contributed by atoms with van der Waals surface area (Å²) in [6, 6.07) is 0. The van der Waals surface area contributed by atoms with Crippen LogP contribution in [0, 0.1) is 0 Å². The zero-order valence-corrected chi connectivity index (χ0v) is 13.8. The number of aryl methyl sites for hydroxylation is 1. The predicted octanol–water partition coefficient (Wildman–Crippen LogP) is 4.08.